The minimum absolute atomic E-state index is 0.122. The van der Waals surface area contributed by atoms with Crippen molar-refractivity contribution in [2.24, 2.45) is 5.73 Å². The first-order chi connectivity index (χ1) is 8.09. The Kier molecular flexibility index (Phi) is 2.90. The Morgan fingerprint density at radius 3 is 2.71 bits per heavy atom. The maximum atomic E-state index is 11.2. The monoisotopic (exact) mass is 236 g/mol. The first kappa shape index (κ1) is 11.3. The Hall–Kier alpha value is -2.18. The Morgan fingerprint density at radius 1 is 1.41 bits per heavy atom. The summed E-state index contributed by atoms with van der Waals surface area (Å²) in [6.07, 6.45) is 1.55. The predicted octanol–water partition coefficient (Wildman–Crippen LogP) is -0.371. The van der Waals surface area contributed by atoms with Crippen molar-refractivity contribution in [1.82, 2.24) is 10.2 Å². The molecule has 0 aromatic carbocycles. The summed E-state index contributed by atoms with van der Waals surface area (Å²) in [5.41, 5.74) is 5.16. The largest absolute Gasteiger partial charge is 0.476 e. The molecule has 1 fully saturated rings. The molecule has 1 aliphatic heterocycles. The molecule has 1 aromatic heterocycles. The van der Waals surface area contributed by atoms with Crippen LogP contribution in [0.4, 0.5) is 5.82 Å². The molecule has 7 nitrogen and oxygen atoms in total. The van der Waals surface area contributed by atoms with Crippen LogP contribution < -0.4 is 10.6 Å². The highest BCUT2D eigenvalue weighted by molar-refractivity contribution is 5.86. The number of hydrogen-bond donors (Lipinski definition) is 2. The van der Waals surface area contributed by atoms with Crippen LogP contribution in [0, 0.1) is 0 Å². The van der Waals surface area contributed by atoms with Gasteiger partial charge in [-0.1, -0.05) is 0 Å². The van der Waals surface area contributed by atoms with Crippen LogP contribution >= 0.6 is 0 Å². The fraction of sp³-hybridized carbons (Fsp3) is 0.400. The molecule has 1 atom stereocenters. The first-order valence-electron chi connectivity index (χ1n) is 5.22. The van der Waals surface area contributed by atoms with Crippen LogP contribution in [0.1, 0.15) is 23.3 Å². The molecule has 17 heavy (non-hydrogen) atoms. The molecular weight excluding hydrogens is 224 g/mol. The van der Waals surface area contributed by atoms with Crippen molar-refractivity contribution in [2.75, 3.05) is 11.4 Å². The number of carbonyl (C=O) groups excluding carboxylic acids is 1. The quantitative estimate of drug-likeness (QED) is 0.740. The number of aromatic carboxylic acids is 1. The van der Waals surface area contributed by atoms with Gasteiger partial charge in [-0.25, -0.2) is 4.79 Å². The van der Waals surface area contributed by atoms with E-state index < -0.39 is 11.9 Å². The molecule has 1 aromatic rings. The molecular formula is C10H12N4O3. The highest BCUT2D eigenvalue weighted by Crippen LogP contribution is 2.22. The van der Waals surface area contributed by atoms with Crippen molar-refractivity contribution in [2.45, 2.75) is 18.9 Å². The summed E-state index contributed by atoms with van der Waals surface area (Å²) < 4.78 is 0. The molecule has 2 heterocycles. The van der Waals surface area contributed by atoms with E-state index in [1.54, 1.807) is 4.90 Å². The van der Waals surface area contributed by atoms with Gasteiger partial charge in [-0.15, -0.1) is 10.2 Å². The third-order valence-electron chi connectivity index (χ3n) is 2.75. The third kappa shape index (κ3) is 2.17. The smallest absolute Gasteiger partial charge is 0.356 e. The van der Waals surface area contributed by atoms with Gasteiger partial charge in [0.05, 0.1) is 0 Å². The third-order valence-corrected chi connectivity index (χ3v) is 2.75. The predicted molar refractivity (Wildman–Crippen MR) is 58.6 cm³/mol. The lowest BCUT2D eigenvalue weighted by Gasteiger charge is -2.22. The van der Waals surface area contributed by atoms with Crippen molar-refractivity contribution < 1.29 is 14.7 Å². The number of nitrogens with two attached hydrogens (primary N) is 1. The molecule has 0 bridgehead atoms. The molecule has 0 saturated carbocycles. The molecule has 1 saturated heterocycles. The number of anilines is 1. The number of amides is 1. The summed E-state index contributed by atoms with van der Waals surface area (Å²) in [7, 11) is 0. The summed E-state index contributed by atoms with van der Waals surface area (Å²) in [4.78, 5) is 23.6. The van der Waals surface area contributed by atoms with Gasteiger partial charge in [-0.2, -0.15) is 0 Å². The van der Waals surface area contributed by atoms with Gasteiger partial charge in [0, 0.05) is 6.54 Å². The number of carboxylic acid groups (broad SMARTS) is 1. The molecule has 1 unspecified atom stereocenters. The van der Waals surface area contributed by atoms with E-state index in [9.17, 15) is 9.59 Å². The zero-order chi connectivity index (χ0) is 12.4. The van der Waals surface area contributed by atoms with Gasteiger partial charge in [0.25, 0.3) is 0 Å². The molecule has 0 aliphatic carbocycles. The molecule has 2 rings (SSSR count). The maximum absolute atomic E-state index is 11.2. The number of hydrogen-bond acceptors (Lipinski definition) is 5. The molecule has 3 N–H and O–H groups in total. The van der Waals surface area contributed by atoms with Gasteiger partial charge in [-0.3, -0.25) is 4.79 Å². The van der Waals surface area contributed by atoms with Gasteiger partial charge >= 0.3 is 5.97 Å². The highest BCUT2D eigenvalue weighted by atomic mass is 16.4. The fourth-order valence-corrected chi connectivity index (χ4v) is 1.93. The lowest BCUT2D eigenvalue weighted by molar-refractivity contribution is -0.119. The van der Waals surface area contributed by atoms with Crippen LogP contribution in [0.5, 0.6) is 0 Å². The highest BCUT2D eigenvalue weighted by Gasteiger charge is 2.30. The topological polar surface area (TPSA) is 109 Å². The van der Waals surface area contributed by atoms with Gasteiger partial charge < -0.3 is 15.7 Å². The summed E-state index contributed by atoms with van der Waals surface area (Å²) in [5.74, 6) is -1.04. The fourth-order valence-electron chi connectivity index (χ4n) is 1.93. The van der Waals surface area contributed by atoms with Crippen molar-refractivity contribution >= 4 is 17.7 Å². The van der Waals surface area contributed by atoms with Gasteiger partial charge in [0.15, 0.2) is 11.5 Å². The second-order valence-electron chi connectivity index (χ2n) is 3.84. The number of carbonyl (C=O) groups is 2. The Labute approximate surface area is 97.2 Å². The zero-order valence-electron chi connectivity index (χ0n) is 9.04. The van der Waals surface area contributed by atoms with E-state index in [0.29, 0.717) is 18.8 Å². The van der Waals surface area contributed by atoms with Crippen LogP contribution in [0.25, 0.3) is 0 Å². The van der Waals surface area contributed by atoms with E-state index in [1.807, 2.05) is 0 Å². The summed E-state index contributed by atoms with van der Waals surface area (Å²) in [6.45, 7) is 0.675. The van der Waals surface area contributed by atoms with Crippen molar-refractivity contribution in [3.8, 4) is 0 Å². The SMILES string of the molecule is NC(=O)C1CCCN1c1ccc(C(=O)O)nn1. The van der Waals surface area contributed by atoms with E-state index in [0.717, 1.165) is 6.42 Å². The number of aromatic nitrogens is 2. The number of primary amides is 1. The van der Waals surface area contributed by atoms with E-state index in [-0.39, 0.29) is 11.7 Å². The number of rotatable bonds is 3. The molecule has 0 spiro atoms. The molecule has 7 heteroatoms. The molecule has 0 radical (unpaired) electrons. The second kappa shape index (κ2) is 4.36. The standard InChI is InChI=1S/C10H12N4O3/c11-9(15)7-2-1-5-14(7)8-4-3-6(10(16)17)12-13-8/h3-4,7H,1-2,5H2,(H2,11,15)(H,16,17). The summed E-state index contributed by atoms with van der Waals surface area (Å²) in [6, 6.07) is 2.53. The molecule has 90 valence electrons. The second-order valence-corrected chi connectivity index (χ2v) is 3.84. The zero-order valence-corrected chi connectivity index (χ0v) is 9.04. The molecule has 1 aliphatic rings. The number of nitrogens with zero attached hydrogens (tertiary/aromatic N) is 3. The first-order valence-corrected chi connectivity index (χ1v) is 5.22. The van der Waals surface area contributed by atoms with E-state index >= 15 is 0 Å². The van der Waals surface area contributed by atoms with Gasteiger partial charge in [-0.05, 0) is 25.0 Å². The normalized spacial score (nSPS) is 19.3. The van der Waals surface area contributed by atoms with Gasteiger partial charge in [0.1, 0.15) is 6.04 Å². The van der Waals surface area contributed by atoms with Crippen molar-refractivity contribution in [3.05, 3.63) is 17.8 Å². The lowest BCUT2D eigenvalue weighted by Crippen LogP contribution is -2.40. The van der Waals surface area contributed by atoms with Crippen LogP contribution in [0.15, 0.2) is 12.1 Å². The van der Waals surface area contributed by atoms with E-state index in [4.69, 9.17) is 10.8 Å². The van der Waals surface area contributed by atoms with Crippen LogP contribution in [-0.2, 0) is 4.79 Å². The van der Waals surface area contributed by atoms with E-state index in [2.05, 4.69) is 10.2 Å². The Bertz CT molecular complexity index is 445. The average molecular weight is 236 g/mol. The number of carboxylic acids is 1. The minimum Gasteiger partial charge on any atom is -0.476 e. The van der Waals surface area contributed by atoms with Crippen LogP contribution in [0.2, 0.25) is 0 Å². The summed E-state index contributed by atoms with van der Waals surface area (Å²) >= 11 is 0. The summed E-state index contributed by atoms with van der Waals surface area (Å²) in [5, 5.41) is 16.1. The maximum Gasteiger partial charge on any atom is 0.356 e. The van der Waals surface area contributed by atoms with Crippen LogP contribution in [0.3, 0.4) is 0 Å². The van der Waals surface area contributed by atoms with Crippen molar-refractivity contribution in [1.29, 1.82) is 0 Å². The lowest BCUT2D eigenvalue weighted by atomic mass is 10.2. The minimum atomic E-state index is -1.13. The van der Waals surface area contributed by atoms with Crippen molar-refractivity contribution in [3.63, 3.8) is 0 Å². The van der Waals surface area contributed by atoms with Crippen LogP contribution in [-0.4, -0.2) is 39.8 Å². The van der Waals surface area contributed by atoms with Gasteiger partial charge in [0.2, 0.25) is 5.91 Å². The Balaban J connectivity index is 2.22. The average Bonchev–Trinajstić information content (AvgIpc) is 2.78. The van der Waals surface area contributed by atoms with E-state index in [1.165, 1.54) is 12.1 Å². The Morgan fingerprint density at radius 2 is 2.18 bits per heavy atom. The molecule has 1 amide bonds.